The predicted molar refractivity (Wildman–Crippen MR) is 119 cm³/mol. The van der Waals surface area contributed by atoms with Crippen molar-refractivity contribution in [2.45, 2.75) is 26.4 Å². The van der Waals surface area contributed by atoms with Gasteiger partial charge >= 0.3 is 5.69 Å². The van der Waals surface area contributed by atoms with Crippen molar-refractivity contribution < 1.29 is 9.53 Å². The minimum absolute atomic E-state index is 0.0950. The molecule has 0 aliphatic heterocycles. The van der Waals surface area contributed by atoms with E-state index in [4.69, 9.17) is 4.74 Å². The molecule has 158 valence electrons. The fraction of sp³-hybridized carbons (Fsp3) is 0.208. The summed E-state index contributed by atoms with van der Waals surface area (Å²) in [6, 6.07) is 20.2. The maximum atomic E-state index is 13.2. The van der Waals surface area contributed by atoms with Gasteiger partial charge in [-0.15, -0.1) is 0 Å². The Hall–Kier alpha value is -3.87. The molecule has 2 heterocycles. The normalized spacial score (nSPS) is 11.9. The Bertz CT molecular complexity index is 1240. The number of nitrogens with one attached hydrogen (secondary N) is 1. The monoisotopic (exact) mass is 416 g/mol. The number of carbonyl (C=O) groups is 1. The predicted octanol–water partition coefficient (Wildman–Crippen LogP) is 3.46. The first kappa shape index (κ1) is 20.4. The quantitative estimate of drug-likeness (QED) is 0.500. The highest BCUT2D eigenvalue weighted by Crippen LogP contribution is 2.18. The van der Waals surface area contributed by atoms with Gasteiger partial charge in [0.25, 0.3) is 0 Å². The third-order valence-electron chi connectivity index (χ3n) is 5.08. The average Bonchev–Trinajstić information content (AvgIpc) is 3.06. The van der Waals surface area contributed by atoms with Gasteiger partial charge in [-0.05, 0) is 55.8 Å². The maximum absolute atomic E-state index is 13.2. The molecular formula is C24H24N4O3. The number of imidazole rings is 1. The number of rotatable bonds is 7. The molecule has 0 fully saturated rings. The summed E-state index contributed by atoms with van der Waals surface area (Å²) in [7, 11) is 0. The van der Waals surface area contributed by atoms with Gasteiger partial charge in [-0.2, -0.15) is 0 Å². The maximum Gasteiger partial charge on any atom is 0.335 e. The van der Waals surface area contributed by atoms with E-state index in [1.165, 1.54) is 9.13 Å². The van der Waals surface area contributed by atoms with Gasteiger partial charge in [0.2, 0.25) is 5.91 Å². The zero-order valence-electron chi connectivity index (χ0n) is 17.5. The second-order valence-electron chi connectivity index (χ2n) is 7.18. The fourth-order valence-corrected chi connectivity index (χ4v) is 3.58. The van der Waals surface area contributed by atoms with Crippen molar-refractivity contribution in [1.29, 1.82) is 0 Å². The van der Waals surface area contributed by atoms with Gasteiger partial charge in [-0.25, -0.2) is 14.3 Å². The van der Waals surface area contributed by atoms with E-state index in [1.54, 1.807) is 18.3 Å². The minimum Gasteiger partial charge on any atom is -0.494 e. The van der Waals surface area contributed by atoms with Crippen LogP contribution in [0, 0.1) is 0 Å². The molecule has 0 bridgehead atoms. The second-order valence-corrected chi connectivity index (χ2v) is 7.18. The Balaban J connectivity index is 1.58. The largest absolute Gasteiger partial charge is 0.494 e. The molecule has 0 aliphatic rings. The highest BCUT2D eigenvalue weighted by molar-refractivity contribution is 5.80. The smallest absolute Gasteiger partial charge is 0.335 e. The summed E-state index contributed by atoms with van der Waals surface area (Å²) in [5, 5.41) is 2.97. The van der Waals surface area contributed by atoms with Crippen LogP contribution in [0.3, 0.4) is 0 Å². The van der Waals surface area contributed by atoms with Crippen LogP contribution >= 0.6 is 0 Å². The van der Waals surface area contributed by atoms with E-state index >= 15 is 0 Å². The highest BCUT2D eigenvalue weighted by Gasteiger charge is 2.18. The van der Waals surface area contributed by atoms with Gasteiger partial charge in [-0.3, -0.25) is 9.36 Å². The van der Waals surface area contributed by atoms with E-state index in [0.29, 0.717) is 23.5 Å². The van der Waals surface area contributed by atoms with Crippen molar-refractivity contribution >= 4 is 17.1 Å². The molecule has 4 aromatic rings. The van der Waals surface area contributed by atoms with Crippen LogP contribution in [0.2, 0.25) is 0 Å². The van der Waals surface area contributed by atoms with Crippen LogP contribution in [0.4, 0.5) is 0 Å². The summed E-state index contributed by atoms with van der Waals surface area (Å²) in [5.74, 6) is 0.539. The van der Waals surface area contributed by atoms with Gasteiger partial charge in [0.15, 0.2) is 5.65 Å². The summed E-state index contributed by atoms with van der Waals surface area (Å²) < 4.78 is 8.44. The third-order valence-corrected chi connectivity index (χ3v) is 5.08. The Morgan fingerprint density at radius 3 is 2.52 bits per heavy atom. The molecule has 1 N–H and O–H groups in total. The number of pyridine rings is 1. The number of carbonyl (C=O) groups excluding carboxylic acids is 1. The fourth-order valence-electron chi connectivity index (χ4n) is 3.58. The third kappa shape index (κ3) is 4.21. The Labute approximate surface area is 179 Å². The van der Waals surface area contributed by atoms with Gasteiger partial charge < -0.3 is 10.1 Å². The molecule has 31 heavy (non-hydrogen) atoms. The molecule has 2 aromatic heterocycles. The van der Waals surface area contributed by atoms with Crippen molar-refractivity contribution in [1.82, 2.24) is 19.4 Å². The summed E-state index contributed by atoms with van der Waals surface area (Å²) >= 11 is 0. The topological polar surface area (TPSA) is 78.1 Å². The molecule has 1 amide bonds. The second kappa shape index (κ2) is 8.87. The Morgan fingerprint density at radius 1 is 1.06 bits per heavy atom. The van der Waals surface area contributed by atoms with Crippen LogP contribution < -0.4 is 15.7 Å². The number of amides is 1. The first-order valence-corrected chi connectivity index (χ1v) is 10.2. The van der Waals surface area contributed by atoms with E-state index in [-0.39, 0.29) is 24.2 Å². The number of aromatic nitrogens is 3. The lowest BCUT2D eigenvalue weighted by molar-refractivity contribution is -0.122. The lowest BCUT2D eigenvalue weighted by Gasteiger charge is -2.15. The van der Waals surface area contributed by atoms with E-state index in [0.717, 1.165) is 11.3 Å². The SMILES string of the molecule is CCOc1ccc([C@H](C)NC(=O)Cn2c(=O)n(-c3ccccc3)c3ncccc32)cc1. The molecule has 0 aliphatic carbocycles. The molecule has 0 saturated carbocycles. The van der Waals surface area contributed by atoms with Gasteiger partial charge in [0, 0.05) is 6.20 Å². The summed E-state index contributed by atoms with van der Waals surface area (Å²) in [5.41, 5.74) is 2.49. The molecule has 1 atom stereocenters. The number of para-hydroxylation sites is 1. The van der Waals surface area contributed by atoms with E-state index in [9.17, 15) is 9.59 Å². The first-order valence-electron chi connectivity index (χ1n) is 10.2. The highest BCUT2D eigenvalue weighted by atomic mass is 16.5. The number of hydrogen-bond donors (Lipinski definition) is 1. The Morgan fingerprint density at radius 2 is 1.81 bits per heavy atom. The molecule has 7 heteroatoms. The molecule has 0 spiro atoms. The van der Waals surface area contributed by atoms with Crippen LogP contribution in [-0.4, -0.2) is 26.6 Å². The van der Waals surface area contributed by atoms with E-state index in [2.05, 4.69) is 10.3 Å². The van der Waals surface area contributed by atoms with Crippen molar-refractivity contribution in [2.24, 2.45) is 0 Å². The van der Waals surface area contributed by atoms with Gasteiger partial charge in [0.1, 0.15) is 12.3 Å². The molecule has 7 nitrogen and oxygen atoms in total. The number of fused-ring (bicyclic) bond motifs is 1. The summed E-state index contributed by atoms with van der Waals surface area (Å²) in [6.45, 7) is 4.35. The summed E-state index contributed by atoms with van der Waals surface area (Å²) in [6.07, 6.45) is 1.64. The van der Waals surface area contributed by atoms with Crippen molar-refractivity contribution in [3.8, 4) is 11.4 Å². The first-order chi connectivity index (χ1) is 15.1. The molecule has 0 saturated heterocycles. The average molecular weight is 416 g/mol. The number of ether oxygens (including phenoxy) is 1. The molecule has 2 aromatic carbocycles. The molecular weight excluding hydrogens is 392 g/mol. The van der Waals surface area contributed by atoms with Crippen LogP contribution in [0.15, 0.2) is 77.7 Å². The van der Waals surface area contributed by atoms with Gasteiger partial charge in [-0.1, -0.05) is 30.3 Å². The van der Waals surface area contributed by atoms with Crippen LogP contribution in [-0.2, 0) is 11.3 Å². The molecule has 0 unspecified atom stereocenters. The van der Waals surface area contributed by atoms with Crippen LogP contribution in [0.5, 0.6) is 5.75 Å². The standard InChI is InChI=1S/C24H24N4O3/c1-3-31-20-13-11-18(12-14-20)17(2)26-22(29)16-27-21-10-7-15-25-23(21)28(24(27)30)19-8-5-4-6-9-19/h4-15,17H,3,16H2,1-2H3,(H,26,29)/t17-/m0/s1. The number of hydrogen-bond acceptors (Lipinski definition) is 4. The van der Waals surface area contributed by atoms with Crippen molar-refractivity contribution in [3.63, 3.8) is 0 Å². The van der Waals surface area contributed by atoms with Crippen LogP contribution in [0.25, 0.3) is 16.9 Å². The lowest BCUT2D eigenvalue weighted by atomic mass is 10.1. The molecule has 4 rings (SSSR count). The number of nitrogens with zero attached hydrogens (tertiary/aromatic N) is 3. The van der Waals surface area contributed by atoms with E-state index in [1.807, 2.05) is 68.4 Å². The molecule has 0 radical (unpaired) electrons. The van der Waals surface area contributed by atoms with Crippen molar-refractivity contribution in [3.05, 3.63) is 89.0 Å². The minimum atomic E-state index is -0.302. The Kier molecular flexibility index (Phi) is 5.84. The zero-order valence-corrected chi connectivity index (χ0v) is 17.5. The van der Waals surface area contributed by atoms with Gasteiger partial charge in [0.05, 0.1) is 23.9 Å². The zero-order chi connectivity index (χ0) is 21.8. The van der Waals surface area contributed by atoms with Crippen molar-refractivity contribution in [2.75, 3.05) is 6.61 Å². The summed E-state index contributed by atoms with van der Waals surface area (Å²) in [4.78, 5) is 30.3. The van der Waals surface area contributed by atoms with Crippen LogP contribution in [0.1, 0.15) is 25.5 Å². The number of benzene rings is 2. The van der Waals surface area contributed by atoms with E-state index < -0.39 is 0 Å². The lowest BCUT2D eigenvalue weighted by Crippen LogP contribution is -2.34.